The van der Waals surface area contributed by atoms with Crippen LogP contribution in [0.4, 0.5) is 11.4 Å². The number of benzene rings is 2. The minimum absolute atomic E-state index is 0.0907. The van der Waals surface area contributed by atoms with Crippen LogP contribution in [0.1, 0.15) is 51.7 Å². The van der Waals surface area contributed by atoms with Crippen molar-refractivity contribution in [2.24, 2.45) is 0 Å². The Morgan fingerprint density at radius 2 is 1.60 bits per heavy atom. The van der Waals surface area contributed by atoms with E-state index < -0.39 is 33.9 Å². The van der Waals surface area contributed by atoms with Gasteiger partial charge in [0.2, 0.25) is 15.9 Å². The molecule has 2 heterocycles. The molecule has 246 valence electrons. The van der Waals surface area contributed by atoms with Crippen LogP contribution in [0.3, 0.4) is 0 Å². The minimum Gasteiger partial charge on any atom is -0.346 e. The zero-order chi connectivity index (χ0) is 34.0. The molecule has 0 aliphatic heterocycles. The van der Waals surface area contributed by atoms with Gasteiger partial charge in [-0.2, -0.15) is 11.3 Å². The lowest BCUT2D eigenvalue weighted by molar-refractivity contribution is -0.117. The summed E-state index contributed by atoms with van der Waals surface area (Å²) >= 11 is 1.53. The van der Waals surface area contributed by atoms with Crippen LogP contribution in [0.15, 0.2) is 96.0 Å². The van der Waals surface area contributed by atoms with Crippen LogP contribution in [-0.2, 0) is 14.8 Å². The number of rotatable bonds is 14. The van der Waals surface area contributed by atoms with Crippen LogP contribution in [0, 0.1) is 0 Å². The molecule has 0 unspecified atom stereocenters. The molecule has 3 atom stereocenters. The predicted molar refractivity (Wildman–Crippen MR) is 187 cm³/mol. The molecular weight excluding hydrogens is 637 g/mol. The maximum absolute atomic E-state index is 13.7. The second-order valence-electron chi connectivity index (χ2n) is 11.0. The molecule has 4 N–H and O–H groups in total. The molecule has 4 rings (SSSR count). The van der Waals surface area contributed by atoms with Crippen molar-refractivity contribution in [3.8, 4) is 0 Å². The summed E-state index contributed by atoms with van der Waals surface area (Å²) in [7, 11) is -2.35. The van der Waals surface area contributed by atoms with E-state index in [9.17, 15) is 22.8 Å². The van der Waals surface area contributed by atoms with Gasteiger partial charge in [0.25, 0.3) is 11.8 Å². The van der Waals surface area contributed by atoms with Crippen molar-refractivity contribution < 1.29 is 22.8 Å². The van der Waals surface area contributed by atoms with Crippen LogP contribution in [0.2, 0.25) is 0 Å². The third-order valence-corrected chi connectivity index (χ3v) is 9.22. The van der Waals surface area contributed by atoms with E-state index >= 15 is 0 Å². The Balaban J connectivity index is 1.56. The van der Waals surface area contributed by atoms with Crippen molar-refractivity contribution in [3.05, 3.63) is 118 Å². The van der Waals surface area contributed by atoms with Gasteiger partial charge in [-0.15, -0.1) is 0 Å². The van der Waals surface area contributed by atoms with Gasteiger partial charge in [0, 0.05) is 42.8 Å². The highest BCUT2D eigenvalue weighted by Gasteiger charge is 2.22. The molecule has 4 aromatic rings. The number of hydrogen-bond donors (Lipinski definition) is 4. The Hall–Kier alpha value is -4.85. The monoisotopic (exact) mass is 674 g/mol. The van der Waals surface area contributed by atoms with Crippen molar-refractivity contribution in [2.75, 3.05) is 29.5 Å². The summed E-state index contributed by atoms with van der Waals surface area (Å²) in [6.45, 7) is 3.75. The van der Waals surface area contributed by atoms with Crippen LogP contribution < -0.4 is 25.6 Å². The zero-order valence-electron chi connectivity index (χ0n) is 26.5. The van der Waals surface area contributed by atoms with Crippen LogP contribution in [-0.4, -0.2) is 63.1 Å². The maximum Gasteiger partial charge on any atom is 0.251 e. The Kier molecular flexibility index (Phi) is 12.0. The first-order chi connectivity index (χ1) is 22.4. The lowest BCUT2D eigenvalue weighted by atomic mass is 10.1. The Morgan fingerprint density at radius 3 is 2.21 bits per heavy atom. The minimum atomic E-state index is -3.70. The number of nitrogens with zero attached hydrogens (tertiary/aromatic N) is 2. The first-order valence-corrected chi connectivity index (χ1v) is 17.6. The van der Waals surface area contributed by atoms with E-state index in [-0.39, 0.29) is 35.3 Å². The number of pyridine rings is 1. The Bertz CT molecular complexity index is 1800. The van der Waals surface area contributed by atoms with E-state index in [0.29, 0.717) is 5.69 Å². The largest absolute Gasteiger partial charge is 0.346 e. The van der Waals surface area contributed by atoms with Gasteiger partial charge in [-0.05, 0) is 72.1 Å². The third kappa shape index (κ3) is 10.3. The number of nitrogens with one attached hydrogen (secondary N) is 4. The molecule has 0 saturated carbocycles. The van der Waals surface area contributed by atoms with E-state index in [1.54, 1.807) is 31.5 Å². The Morgan fingerprint density at radius 1 is 0.936 bits per heavy atom. The molecular formula is C34H38N6O5S2. The van der Waals surface area contributed by atoms with Crippen molar-refractivity contribution in [1.82, 2.24) is 20.9 Å². The summed E-state index contributed by atoms with van der Waals surface area (Å²) in [5, 5.41) is 15.8. The molecule has 2 aromatic carbocycles. The Labute approximate surface area is 279 Å². The van der Waals surface area contributed by atoms with Crippen molar-refractivity contribution in [1.29, 1.82) is 0 Å². The summed E-state index contributed by atoms with van der Waals surface area (Å²) in [6, 6.07) is 17.5. The SMILES string of the molecule is C[C@H](NC[C@H](/C=C/c1ccsc1)NC(=O)c1cc(C(=O)N[C@H](C)c2ccccc2)cc(N(C)S(C)(=O)=O)c1)C(=O)Nc1ccncc1. The second-order valence-corrected chi connectivity index (χ2v) is 13.7. The quantitative estimate of drug-likeness (QED) is 0.154. The lowest BCUT2D eigenvalue weighted by Gasteiger charge is -2.22. The topological polar surface area (TPSA) is 150 Å². The van der Waals surface area contributed by atoms with Gasteiger partial charge in [-0.3, -0.25) is 23.7 Å². The number of aromatic nitrogens is 1. The molecule has 0 aliphatic rings. The summed E-state index contributed by atoms with van der Waals surface area (Å²) in [5.74, 6) is -1.27. The average Bonchev–Trinajstić information content (AvgIpc) is 3.59. The van der Waals surface area contributed by atoms with Crippen LogP contribution in [0.5, 0.6) is 0 Å². The molecule has 3 amide bonds. The number of anilines is 2. The van der Waals surface area contributed by atoms with Crippen molar-refractivity contribution in [3.63, 3.8) is 0 Å². The highest BCUT2D eigenvalue weighted by molar-refractivity contribution is 7.92. The fraction of sp³-hybridized carbons (Fsp3) is 0.235. The van der Waals surface area contributed by atoms with E-state index in [4.69, 9.17) is 0 Å². The number of amides is 3. The summed E-state index contributed by atoms with van der Waals surface area (Å²) in [4.78, 5) is 43.8. The third-order valence-electron chi connectivity index (χ3n) is 7.32. The number of carbonyl (C=O) groups excluding carboxylic acids is 3. The fourth-order valence-electron chi connectivity index (χ4n) is 4.45. The van der Waals surface area contributed by atoms with Gasteiger partial charge < -0.3 is 21.3 Å². The molecule has 0 saturated heterocycles. The molecule has 0 aliphatic carbocycles. The van der Waals surface area contributed by atoms with E-state index in [2.05, 4.69) is 26.3 Å². The summed E-state index contributed by atoms with van der Waals surface area (Å²) in [6.07, 6.45) is 7.87. The van der Waals surface area contributed by atoms with Gasteiger partial charge >= 0.3 is 0 Å². The van der Waals surface area contributed by atoms with Gasteiger partial charge in [0.05, 0.1) is 30.1 Å². The zero-order valence-corrected chi connectivity index (χ0v) is 28.1. The lowest BCUT2D eigenvalue weighted by Crippen LogP contribution is -2.46. The highest BCUT2D eigenvalue weighted by atomic mass is 32.2. The normalized spacial score (nSPS) is 13.4. The second kappa shape index (κ2) is 16.1. The van der Waals surface area contributed by atoms with E-state index in [0.717, 1.165) is 21.7 Å². The number of carbonyl (C=O) groups is 3. The molecule has 0 fully saturated rings. The van der Waals surface area contributed by atoms with Crippen molar-refractivity contribution >= 4 is 56.5 Å². The summed E-state index contributed by atoms with van der Waals surface area (Å²) < 4.78 is 25.9. The molecule has 11 nitrogen and oxygen atoms in total. The van der Waals surface area contributed by atoms with Gasteiger partial charge in [0.15, 0.2) is 0 Å². The molecule has 47 heavy (non-hydrogen) atoms. The van der Waals surface area contributed by atoms with Gasteiger partial charge in [-0.1, -0.05) is 42.5 Å². The van der Waals surface area contributed by atoms with Crippen molar-refractivity contribution in [2.45, 2.75) is 32.0 Å². The smallest absolute Gasteiger partial charge is 0.251 e. The molecule has 13 heteroatoms. The van der Waals surface area contributed by atoms with Gasteiger partial charge in [-0.25, -0.2) is 8.42 Å². The molecule has 0 bridgehead atoms. The standard InChI is InChI=1S/C34H38N6O5S2/c1-23(26-8-6-5-7-9-26)37-33(42)27-18-28(20-31(19-27)40(3)47(4,44)45)34(43)39-30(11-10-25-14-17-46-22-25)21-36-24(2)32(41)38-29-12-15-35-16-13-29/h5-20,22-24,30,36H,21H2,1-4H3,(H,37,42)(H,39,43)(H,35,38,41)/b11-10+/t23-,24+,30+/m1/s1. The first kappa shape index (κ1) is 35.0. The van der Waals surface area contributed by atoms with E-state index in [1.807, 2.05) is 66.2 Å². The average molecular weight is 675 g/mol. The van der Waals surface area contributed by atoms with Crippen LogP contribution in [0.25, 0.3) is 6.08 Å². The highest BCUT2D eigenvalue weighted by Crippen LogP contribution is 2.22. The van der Waals surface area contributed by atoms with Crippen LogP contribution >= 0.6 is 11.3 Å². The number of thiophene rings is 1. The fourth-order valence-corrected chi connectivity index (χ4v) is 5.57. The predicted octanol–water partition coefficient (Wildman–Crippen LogP) is 4.46. The molecule has 2 aromatic heterocycles. The number of hydrogen-bond acceptors (Lipinski definition) is 8. The summed E-state index contributed by atoms with van der Waals surface area (Å²) in [5.41, 5.74) is 2.81. The molecule has 0 spiro atoms. The number of sulfonamides is 1. The van der Waals surface area contributed by atoms with Gasteiger partial charge in [0.1, 0.15) is 0 Å². The molecule has 0 radical (unpaired) electrons. The maximum atomic E-state index is 13.7. The first-order valence-electron chi connectivity index (χ1n) is 14.8. The van der Waals surface area contributed by atoms with E-state index in [1.165, 1.54) is 36.6 Å².